The van der Waals surface area contributed by atoms with Crippen molar-refractivity contribution in [1.82, 2.24) is 0 Å². The molecule has 1 heterocycles. The molecule has 6 heteroatoms. The van der Waals surface area contributed by atoms with E-state index in [4.69, 9.17) is 21.1 Å². The van der Waals surface area contributed by atoms with Crippen molar-refractivity contribution < 1.29 is 14.3 Å². The molecule has 5 nitrogen and oxygen atoms in total. The zero-order chi connectivity index (χ0) is 21.0. The van der Waals surface area contributed by atoms with Crippen molar-refractivity contribution in [3.8, 4) is 11.5 Å². The standard InChI is InChI=1S/C23H25ClN2O3/c1-5-11-29-22-20(24)13-17(14-21(22)28-4)12-19-15(3)25-26(23(19)27)18-9-7-16(6-2)8-10-18/h5,7-10,13-14,19H,1,6,11-12H2,2-4H3/t19-/m1/s1. The number of carbonyl (C=O) groups is 1. The molecule has 29 heavy (non-hydrogen) atoms. The van der Waals surface area contributed by atoms with Crippen LogP contribution in [0.15, 0.2) is 54.2 Å². The van der Waals surface area contributed by atoms with Gasteiger partial charge in [0.1, 0.15) is 6.61 Å². The van der Waals surface area contributed by atoms with Crippen molar-refractivity contribution in [2.45, 2.75) is 26.7 Å². The summed E-state index contributed by atoms with van der Waals surface area (Å²) in [6.07, 6.45) is 3.08. The monoisotopic (exact) mass is 412 g/mol. The van der Waals surface area contributed by atoms with E-state index in [0.717, 1.165) is 23.4 Å². The second-order valence-electron chi connectivity index (χ2n) is 6.88. The Morgan fingerprint density at radius 2 is 1.97 bits per heavy atom. The molecule has 3 rings (SSSR count). The number of hydrazone groups is 1. The fraction of sp³-hybridized carbons (Fsp3) is 0.304. The molecule has 0 saturated carbocycles. The molecular weight excluding hydrogens is 388 g/mol. The summed E-state index contributed by atoms with van der Waals surface area (Å²) in [5.41, 5.74) is 3.65. The lowest BCUT2D eigenvalue weighted by molar-refractivity contribution is -0.119. The molecule has 1 atom stereocenters. The molecule has 0 unspecified atom stereocenters. The first-order valence-corrected chi connectivity index (χ1v) is 9.94. The molecule has 152 valence electrons. The van der Waals surface area contributed by atoms with Gasteiger partial charge in [0.15, 0.2) is 11.5 Å². The van der Waals surface area contributed by atoms with Gasteiger partial charge in [0.2, 0.25) is 0 Å². The zero-order valence-electron chi connectivity index (χ0n) is 16.9. The predicted molar refractivity (Wildman–Crippen MR) is 117 cm³/mol. The number of anilines is 1. The molecular formula is C23H25ClN2O3. The highest BCUT2D eigenvalue weighted by atomic mass is 35.5. The first-order chi connectivity index (χ1) is 14.0. The third-order valence-electron chi connectivity index (χ3n) is 4.93. The number of nitrogens with zero attached hydrogens (tertiary/aromatic N) is 2. The smallest absolute Gasteiger partial charge is 0.256 e. The zero-order valence-corrected chi connectivity index (χ0v) is 17.7. The maximum absolute atomic E-state index is 13.0. The molecule has 1 aliphatic heterocycles. The summed E-state index contributed by atoms with van der Waals surface area (Å²) in [4.78, 5) is 13.0. The number of hydrogen-bond donors (Lipinski definition) is 0. The Hall–Kier alpha value is -2.79. The quantitative estimate of drug-likeness (QED) is 0.569. The fourth-order valence-electron chi connectivity index (χ4n) is 3.30. The minimum absolute atomic E-state index is 0.0474. The maximum Gasteiger partial charge on any atom is 0.256 e. The summed E-state index contributed by atoms with van der Waals surface area (Å²) in [5, 5.41) is 6.42. The van der Waals surface area contributed by atoms with E-state index < -0.39 is 0 Å². The van der Waals surface area contributed by atoms with Crippen molar-refractivity contribution in [2.75, 3.05) is 18.7 Å². The third kappa shape index (κ3) is 4.46. The third-order valence-corrected chi connectivity index (χ3v) is 5.21. The highest BCUT2D eigenvalue weighted by molar-refractivity contribution is 6.32. The molecule has 2 aromatic carbocycles. The van der Waals surface area contributed by atoms with Crippen molar-refractivity contribution in [1.29, 1.82) is 0 Å². The Labute approximate surface area is 176 Å². The van der Waals surface area contributed by atoms with Gasteiger partial charge in [-0.3, -0.25) is 4.79 Å². The van der Waals surface area contributed by atoms with Gasteiger partial charge >= 0.3 is 0 Å². The number of benzene rings is 2. The highest BCUT2D eigenvalue weighted by Crippen LogP contribution is 2.37. The van der Waals surface area contributed by atoms with E-state index in [1.54, 1.807) is 13.2 Å². The summed E-state index contributed by atoms with van der Waals surface area (Å²) in [7, 11) is 1.56. The summed E-state index contributed by atoms with van der Waals surface area (Å²) in [6.45, 7) is 7.95. The summed E-state index contributed by atoms with van der Waals surface area (Å²) in [6, 6.07) is 11.6. The van der Waals surface area contributed by atoms with Crippen molar-refractivity contribution in [2.24, 2.45) is 11.0 Å². The van der Waals surface area contributed by atoms with E-state index in [1.807, 2.05) is 43.3 Å². The Morgan fingerprint density at radius 1 is 1.24 bits per heavy atom. The van der Waals surface area contributed by atoms with Gasteiger partial charge in [-0.1, -0.05) is 43.3 Å². The van der Waals surface area contributed by atoms with Crippen molar-refractivity contribution >= 4 is 28.9 Å². The molecule has 1 aliphatic rings. The minimum Gasteiger partial charge on any atom is -0.493 e. The molecule has 0 radical (unpaired) electrons. The van der Waals surface area contributed by atoms with Gasteiger partial charge in [-0.2, -0.15) is 5.10 Å². The van der Waals surface area contributed by atoms with Crippen LogP contribution in [0.5, 0.6) is 11.5 Å². The topological polar surface area (TPSA) is 51.1 Å². The van der Waals surface area contributed by atoms with E-state index in [2.05, 4.69) is 18.6 Å². The Morgan fingerprint density at radius 3 is 2.59 bits per heavy atom. The number of aryl methyl sites for hydroxylation is 1. The van der Waals surface area contributed by atoms with Crippen LogP contribution in [0.4, 0.5) is 5.69 Å². The van der Waals surface area contributed by atoms with Crippen LogP contribution in [0.3, 0.4) is 0 Å². The van der Waals surface area contributed by atoms with Crippen LogP contribution < -0.4 is 14.5 Å². The fourth-order valence-corrected chi connectivity index (χ4v) is 3.59. The van der Waals surface area contributed by atoms with E-state index in [0.29, 0.717) is 29.5 Å². The molecule has 0 aliphatic carbocycles. The molecule has 1 amide bonds. The van der Waals surface area contributed by atoms with Crippen molar-refractivity contribution in [3.63, 3.8) is 0 Å². The molecule has 0 spiro atoms. The van der Waals surface area contributed by atoms with Crippen LogP contribution in [-0.4, -0.2) is 25.3 Å². The average molecular weight is 413 g/mol. The lowest BCUT2D eigenvalue weighted by Gasteiger charge is -2.16. The molecule has 0 bridgehead atoms. The molecule has 0 saturated heterocycles. The van der Waals surface area contributed by atoms with E-state index >= 15 is 0 Å². The van der Waals surface area contributed by atoms with Gasteiger partial charge < -0.3 is 9.47 Å². The maximum atomic E-state index is 13.0. The number of carbonyl (C=O) groups excluding carboxylic acids is 1. The van der Waals surface area contributed by atoms with Crippen molar-refractivity contribution in [3.05, 3.63) is 65.2 Å². The van der Waals surface area contributed by atoms with Gasteiger partial charge in [-0.25, -0.2) is 5.01 Å². The molecule has 0 aromatic heterocycles. The van der Waals surface area contributed by atoms with Gasteiger partial charge in [0, 0.05) is 5.71 Å². The number of halogens is 1. The molecule has 2 aromatic rings. The Kier molecular flexibility index (Phi) is 6.60. The predicted octanol–water partition coefficient (Wildman–Crippen LogP) is 5.06. The van der Waals surface area contributed by atoms with Crippen LogP contribution in [0, 0.1) is 5.92 Å². The number of amides is 1. The second-order valence-corrected chi connectivity index (χ2v) is 7.28. The minimum atomic E-state index is -0.346. The van der Waals surface area contributed by atoms with Gasteiger partial charge in [-0.05, 0) is 55.2 Å². The normalized spacial score (nSPS) is 16.0. The second kappa shape index (κ2) is 9.14. The number of hydrogen-bond acceptors (Lipinski definition) is 4. The molecule has 0 fully saturated rings. The lowest BCUT2D eigenvalue weighted by atomic mass is 9.95. The van der Waals surface area contributed by atoms with E-state index in [9.17, 15) is 4.79 Å². The van der Waals surface area contributed by atoms with E-state index in [-0.39, 0.29) is 11.8 Å². The Bertz CT molecular complexity index is 938. The summed E-state index contributed by atoms with van der Waals surface area (Å²) < 4.78 is 11.0. The van der Waals surface area contributed by atoms with Gasteiger partial charge in [-0.15, -0.1) is 0 Å². The van der Waals surface area contributed by atoms with Crippen LogP contribution in [0.25, 0.3) is 0 Å². The summed E-state index contributed by atoms with van der Waals surface area (Å²) in [5.74, 6) is 0.607. The largest absolute Gasteiger partial charge is 0.493 e. The molecule has 0 N–H and O–H groups in total. The van der Waals surface area contributed by atoms with Crippen LogP contribution >= 0.6 is 11.6 Å². The van der Waals surface area contributed by atoms with Gasteiger partial charge in [0.05, 0.1) is 23.7 Å². The van der Waals surface area contributed by atoms with Crippen LogP contribution in [-0.2, 0) is 17.6 Å². The first-order valence-electron chi connectivity index (χ1n) is 9.56. The van der Waals surface area contributed by atoms with Gasteiger partial charge in [0.25, 0.3) is 5.91 Å². The lowest BCUT2D eigenvalue weighted by Crippen LogP contribution is -2.28. The number of rotatable bonds is 8. The summed E-state index contributed by atoms with van der Waals surface area (Å²) >= 11 is 6.40. The van der Waals surface area contributed by atoms with Crippen LogP contribution in [0.2, 0.25) is 5.02 Å². The highest BCUT2D eigenvalue weighted by Gasteiger charge is 2.34. The SMILES string of the molecule is C=CCOc1c(Cl)cc(C[C@H]2C(=O)N(c3ccc(CC)cc3)N=C2C)cc1OC. The first kappa shape index (κ1) is 20.9. The van der Waals surface area contributed by atoms with E-state index in [1.165, 1.54) is 10.6 Å². The Balaban J connectivity index is 1.81. The number of ether oxygens (including phenoxy) is 2. The van der Waals surface area contributed by atoms with Crippen LogP contribution in [0.1, 0.15) is 25.0 Å². The number of methoxy groups -OCH3 is 1. The average Bonchev–Trinajstić information content (AvgIpc) is 3.01.